The van der Waals surface area contributed by atoms with Crippen LogP contribution in [0.1, 0.15) is 0 Å². The molecule has 1 N–H and O–H groups in total. The van der Waals surface area contributed by atoms with E-state index in [2.05, 4.69) is 0 Å². The average Bonchev–Trinajstić information content (AvgIpc) is 2.19. The van der Waals surface area contributed by atoms with Gasteiger partial charge in [-0.25, -0.2) is 13.2 Å². The predicted octanol–water partition coefficient (Wildman–Crippen LogP) is 2.80. The Kier molecular flexibility index (Phi) is 3.64. The number of anilines is 1. The van der Waals surface area contributed by atoms with Crippen molar-refractivity contribution in [2.75, 3.05) is 5.32 Å². The highest BCUT2D eigenvalue weighted by atomic mass is 19.4. The van der Waals surface area contributed by atoms with E-state index in [4.69, 9.17) is 0 Å². The molecule has 1 aromatic carbocycles. The first-order valence-electron chi connectivity index (χ1n) is 4.18. The zero-order chi connectivity index (χ0) is 13.2. The summed E-state index contributed by atoms with van der Waals surface area (Å²) in [7, 11) is 0. The van der Waals surface area contributed by atoms with E-state index >= 15 is 0 Å². The molecule has 0 saturated carbocycles. The van der Waals surface area contributed by atoms with E-state index in [1.807, 2.05) is 0 Å². The molecule has 0 aliphatic heterocycles. The highest BCUT2D eigenvalue weighted by Crippen LogP contribution is 2.24. The van der Waals surface area contributed by atoms with Crippen molar-refractivity contribution in [2.24, 2.45) is 0 Å². The zero-order valence-electron chi connectivity index (χ0n) is 7.99. The van der Waals surface area contributed by atoms with Crippen LogP contribution in [0.5, 0.6) is 0 Å². The molecular formula is C9H5F6NO. The summed E-state index contributed by atoms with van der Waals surface area (Å²) in [5.74, 6) is -4.34. The Morgan fingerprint density at radius 1 is 1.24 bits per heavy atom. The van der Waals surface area contributed by atoms with Gasteiger partial charge in [-0.05, 0) is 12.1 Å². The van der Waals surface area contributed by atoms with E-state index in [1.54, 1.807) is 0 Å². The molecule has 0 spiro atoms. The van der Waals surface area contributed by atoms with Crippen LogP contribution in [-0.2, 0) is 4.79 Å². The van der Waals surface area contributed by atoms with Gasteiger partial charge >= 0.3 is 6.18 Å². The van der Waals surface area contributed by atoms with Gasteiger partial charge in [0.1, 0.15) is 11.6 Å². The molecule has 0 saturated heterocycles. The Morgan fingerprint density at radius 2 is 1.82 bits per heavy atom. The normalized spacial score (nSPS) is 13.3. The van der Waals surface area contributed by atoms with Crippen molar-refractivity contribution < 1.29 is 31.1 Å². The third kappa shape index (κ3) is 3.36. The van der Waals surface area contributed by atoms with Crippen LogP contribution in [0.3, 0.4) is 0 Å². The van der Waals surface area contributed by atoms with Crippen LogP contribution in [0.4, 0.5) is 32.0 Å². The van der Waals surface area contributed by atoms with E-state index in [-0.39, 0.29) is 0 Å². The molecule has 2 nitrogen and oxygen atoms in total. The van der Waals surface area contributed by atoms with E-state index in [0.29, 0.717) is 18.2 Å². The van der Waals surface area contributed by atoms with Crippen molar-refractivity contribution in [2.45, 2.75) is 12.3 Å². The number of hydrogen-bond acceptors (Lipinski definition) is 1. The van der Waals surface area contributed by atoms with E-state index in [1.165, 1.54) is 5.32 Å². The minimum absolute atomic E-state index is 0.344. The number of rotatable bonds is 2. The smallest absolute Gasteiger partial charge is 0.321 e. The van der Waals surface area contributed by atoms with Gasteiger partial charge in [-0.3, -0.25) is 4.79 Å². The summed E-state index contributed by atoms with van der Waals surface area (Å²) >= 11 is 0. The first-order chi connectivity index (χ1) is 7.71. The van der Waals surface area contributed by atoms with Gasteiger partial charge in [0.25, 0.3) is 12.1 Å². The number of alkyl halides is 4. The Balaban J connectivity index is 2.82. The van der Waals surface area contributed by atoms with Crippen LogP contribution in [0, 0.1) is 11.6 Å². The molecule has 0 aliphatic rings. The SMILES string of the molecule is O=C(Nc1ccc(F)cc1F)[C@H](F)C(F)(F)F. The Morgan fingerprint density at radius 3 is 2.29 bits per heavy atom. The summed E-state index contributed by atoms with van der Waals surface area (Å²) in [5, 5.41) is 1.37. The van der Waals surface area contributed by atoms with Crippen molar-refractivity contribution in [3.8, 4) is 0 Å². The molecule has 17 heavy (non-hydrogen) atoms. The van der Waals surface area contributed by atoms with Gasteiger partial charge in [-0.2, -0.15) is 13.2 Å². The molecule has 0 bridgehead atoms. The molecule has 0 heterocycles. The van der Waals surface area contributed by atoms with Crippen molar-refractivity contribution in [1.82, 2.24) is 0 Å². The second-order valence-corrected chi connectivity index (χ2v) is 3.02. The van der Waals surface area contributed by atoms with Crippen molar-refractivity contribution in [3.63, 3.8) is 0 Å². The number of nitrogens with one attached hydrogen (secondary N) is 1. The number of carbonyl (C=O) groups excluding carboxylic acids is 1. The van der Waals surface area contributed by atoms with Gasteiger partial charge in [-0.1, -0.05) is 0 Å². The number of halogens is 6. The fourth-order valence-corrected chi connectivity index (χ4v) is 0.936. The van der Waals surface area contributed by atoms with Gasteiger partial charge < -0.3 is 5.32 Å². The molecule has 0 aliphatic carbocycles. The predicted molar refractivity (Wildman–Crippen MR) is 45.9 cm³/mol. The van der Waals surface area contributed by atoms with Gasteiger partial charge in [0.2, 0.25) is 0 Å². The number of hydrogen-bond donors (Lipinski definition) is 1. The first kappa shape index (κ1) is 13.3. The first-order valence-corrected chi connectivity index (χ1v) is 4.18. The summed E-state index contributed by atoms with van der Waals surface area (Å²) < 4.78 is 73.1. The van der Waals surface area contributed by atoms with Crippen LogP contribution in [0.25, 0.3) is 0 Å². The Labute approximate surface area is 91.2 Å². The summed E-state index contributed by atoms with van der Waals surface area (Å²) in [4.78, 5) is 10.7. The largest absolute Gasteiger partial charge is 0.428 e. The molecule has 0 unspecified atom stereocenters. The molecule has 8 heteroatoms. The standard InChI is InChI=1S/C9H5F6NO/c10-4-1-2-6(5(11)3-4)16-8(17)7(12)9(13,14)15/h1-3,7H,(H,16,17)/t7-/m0/s1. The lowest BCUT2D eigenvalue weighted by atomic mass is 10.2. The van der Waals surface area contributed by atoms with Crippen LogP contribution in [0.15, 0.2) is 18.2 Å². The Bertz CT molecular complexity index is 430. The maximum absolute atomic E-state index is 12.9. The van der Waals surface area contributed by atoms with Crippen LogP contribution in [-0.4, -0.2) is 18.3 Å². The lowest BCUT2D eigenvalue weighted by molar-refractivity contribution is -0.183. The monoisotopic (exact) mass is 257 g/mol. The van der Waals surface area contributed by atoms with Crippen molar-refractivity contribution >= 4 is 11.6 Å². The Hall–Kier alpha value is -1.73. The zero-order valence-corrected chi connectivity index (χ0v) is 7.99. The molecule has 1 rings (SSSR count). The van der Waals surface area contributed by atoms with Crippen molar-refractivity contribution in [3.05, 3.63) is 29.8 Å². The maximum atomic E-state index is 12.9. The highest BCUT2D eigenvalue weighted by molar-refractivity contribution is 5.94. The second-order valence-electron chi connectivity index (χ2n) is 3.02. The van der Waals surface area contributed by atoms with E-state index in [0.717, 1.165) is 0 Å². The molecule has 0 aromatic heterocycles. The third-order valence-corrected chi connectivity index (χ3v) is 1.71. The van der Waals surface area contributed by atoms with Gasteiger partial charge in [-0.15, -0.1) is 0 Å². The molecule has 1 aromatic rings. The summed E-state index contributed by atoms with van der Waals surface area (Å²) in [5.41, 5.74) is -0.733. The van der Waals surface area contributed by atoms with Crippen LogP contribution < -0.4 is 5.32 Å². The quantitative estimate of drug-likeness (QED) is 0.811. The van der Waals surface area contributed by atoms with Crippen molar-refractivity contribution in [1.29, 1.82) is 0 Å². The second kappa shape index (κ2) is 4.64. The van der Waals surface area contributed by atoms with Crippen LogP contribution in [0.2, 0.25) is 0 Å². The maximum Gasteiger partial charge on any atom is 0.428 e. The molecule has 1 atom stereocenters. The third-order valence-electron chi connectivity index (χ3n) is 1.71. The lowest BCUT2D eigenvalue weighted by Gasteiger charge is -2.12. The van der Waals surface area contributed by atoms with E-state index < -0.39 is 35.6 Å². The minimum Gasteiger partial charge on any atom is -0.321 e. The highest BCUT2D eigenvalue weighted by Gasteiger charge is 2.45. The minimum atomic E-state index is -5.37. The molecule has 94 valence electrons. The number of carbonyl (C=O) groups is 1. The molecule has 0 radical (unpaired) electrons. The number of amides is 1. The fraction of sp³-hybridized carbons (Fsp3) is 0.222. The molecular weight excluding hydrogens is 252 g/mol. The van der Waals surface area contributed by atoms with Gasteiger partial charge in [0, 0.05) is 6.07 Å². The summed E-state index contributed by atoms with van der Waals surface area (Å²) in [6.45, 7) is 0. The summed E-state index contributed by atoms with van der Waals surface area (Å²) in [6, 6.07) is 1.74. The average molecular weight is 257 g/mol. The fourth-order valence-electron chi connectivity index (χ4n) is 0.936. The molecule has 1 amide bonds. The molecule has 0 fully saturated rings. The lowest BCUT2D eigenvalue weighted by Crippen LogP contribution is -2.37. The van der Waals surface area contributed by atoms with Gasteiger partial charge in [0.15, 0.2) is 0 Å². The van der Waals surface area contributed by atoms with Gasteiger partial charge in [0.05, 0.1) is 5.69 Å². The van der Waals surface area contributed by atoms with Crippen LogP contribution >= 0.6 is 0 Å². The van der Waals surface area contributed by atoms with E-state index in [9.17, 15) is 31.1 Å². The number of benzene rings is 1. The topological polar surface area (TPSA) is 29.1 Å². The summed E-state index contributed by atoms with van der Waals surface area (Å²) in [6.07, 6.45) is -9.15.